The summed E-state index contributed by atoms with van der Waals surface area (Å²) in [6.45, 7) is 3.69. The summed E-state index contributed by atoms with van der Waals surface area (Å²) in [7, 11) is 3.14. The number of ether oxygens (including phenoxy) is 2. The van der Waals surface area contributed by atoms with Crippen LogP contribution < -0.4 is 15.2 Å². The van der Waals surface area contributed by atoms with Crippen molar-refractivity contribution in [3.8, 4) is 23.6 Å². The van der Waals surface area contributed by atoms with Gasteiger partial charge in [-0.15, -0.1) is 0 Å². The number of pyridine rings is 1. The second-order valence-electron chi connectivity index (χ2n) is 6.24. The molecule has 2 aromatic rings. The Morgan fingerprint density at radius 1 is 1.14 bits per heavy atom. The Bertz CT molecular complexity index is 1150. The zero-order valence-corrected chi connectivity index (χ0v) is 17.4. The molecule has 0 saturated heterocycles. The number of halogens is 1. The highest BCUT2D eigenvalue weighted by molar-refractivity contribution is 9.10. The summed E-state index contributed by atoms with van der Waals surface area (Å²) in [5.41, 5.74) is 11.2. The largest absolute Gasteiger partial charge is 0.493 e. The normalized spacial score (nSPS) is 13.9. The van der Waals surface area contributed by atoms with E-state index in [0.29, 0.717) is 33.9 Å². The van der Waals surface area contributed by atoms with E-state index in [-0.39, 0.29) is 5.82 Å². The Balaban J connectivity index is 2.31. The number of hydrogen-bond acceptors (Lipinski definition) is 6. The molecule has 28 heavy (non-hydrogen) atoms. The number of rotatable bonds is 3. The Labute approximate surface area is 171 Å². The van der Waals surface area contributed by atoms with Gasteiger partial charge < -0.3 is 15.2 Å². The van der Waals surface area contributed by atoms with E-state index in [1.54, 1.807) is 14.2 Å². The highest BCUT2D eigenvalue weighted by Gasteiger charge is 2.29. The second-order valence-corrected chi connectivity index (χ2v) is 7.09. The summed E-state index contributed by atoms with van der Waals surface area (Å²) in [4.78, 5) is 4.34. The number of nitrogens with zero attached hydrogens (tertiary/aromatic N) is 3. The first kappa shape index (κ1) is 19.5. The number of nitriles is 2. The van der Waals surface area contributed by atoms with Crippen LogP contribution in [0.25, 0.3) is 17.2 Å². The maximum atomic E-state index is 9.64. The van der Waals surface area contributed by atoms with Crippen LogP contribution in [0.5, 0.6) is 11.5 Å². The molecule has 1 aromatic heterocycles. The van der Waals surface area contributed by atoms with Crippen molar-refractivity contribution >= 4 is 39.0 Å². The Kier molecular flexibility index (Phi) is 5.13. The van der Waals surface area contributed by atoms with E-state index in [4.69, 9.17) is 15.2 Å². The zero-order chi connectivity index (χ0) is 20.6. The predicted octanol–water partition coefficient (Wildman–Crippen LogP) is 4.47. The van der Waals surface area contributed by atoms with Gasteiger partial charge >= 0.3 is 0 Å². The average Bonchev–Trinajstić information content (AvgIpc) is 2.92. The summed E-state index contributed by atoms with van der Waals surface area (Å²) in [5.74, 6) is 1.31. The minimum atomic E-state index is 0.134. The van der Waals surface area contributed by atoms with Crippen LogP contribution in [-0.4, -0.2) is 19.2 Å². The van der Waals surface area contributed by atoms with Crippen molar-refractivity contribution < 1.29 is 9.47 Å². The summed E-state index contributed by atoms with van der Waals surface area (Å²) in [6.07, 6.45) is 1.94. The van der Waals surface area contributed by atoms with Crippen molar-refractivity contribution in [1.29, 1.82) is 10.5 Å². The standard InChI is InChI=1S/C21H17BrN4O2/c1-10-13(5-12-6-16(22)20(28-4)17(7-12)27-3)18-11(2)15(9-24)21(25)26-19(18)14(10)8-23/h5-7H,1-4H3,(H2,25,26)/b13-5+. The summed E-state index contributed by atoms with van der Waals surface area (Å²) >= 11 is 3.50. The highest BCUT2D eigenvalue weighted by Crippen LogP contribution is 2.45. The van der Waals surface area contributed by atoms with Crippen molar-refractivity contribution in [1.82, 2.24) is 4.98 Å². The fourth-order valence-corrected chi connectivity index (χ4v) is 4.01. The third-order valence-electron chi connectivity index (χ3n) is 4.75. The second kappa shape index (κ2) is 7.38. The first-order valence-corrected chi connectivity index (χ1v) is 9.12. The lowest BCUT2D eigenvalue weighted by atomic mass is 9.95. The lowest BCUT2D eigenvalue weighted by Crippen LogP contribution is -2.03. The number of fused-ring (bicyclic) bond motifs is 1. The predicted molar refractivity (Wildman–Crippen MR) is 111 cm³/mol. The minimum absolute atomic E-state index is 0.134. The first-order chi connectivity index (χ1) is 13.4. The van der Waals surface area contributed by atoms with Gasteiger partial charge in [-0.3, -0.25) is 0 Å². The van der Waals surface area contributed by atoms with Crippen molar-refractivity contribution in [2.45, 2.75) is 13.8 Å². The van der Waals surface area contributed by atoms with Crippen molar-refractivity contribution in [2.75, 3.05) is 20.0 Å². The first-order valence-electron chi connectivity index (χ1n) is 8.33. The molecule has 0 fully saturated rings. The van der Waals surface area contributed by atoms with Crippen LogP contribution in [0.1, 0.15) is 34.9 Å². The minimum Gasteiger partial charge on any atom is -0.493 e. The molecule has 0 unspecified atom stereocenters. The van der Waals surface area contributed by atoms with Gasteiger partial charge in [0.25, 0.3) is 0 Å². The topological polar surface area (TPSA) is 105 Å². The van der Waals surface area contributed by atoms with Crippen LogP contribution in [0, 0.1) is 29.6 Å². The summed E-state index contributed by atoms with van der Waals surface area (Å²) in [5, 5.41) is 19.1. The molecule has 6 nitrogen and oxygen atoms in total. The zero-order valence-electron chi connectivity index (χ0n) is 15.8. The van der Waals surface area contributed by atoms with Gasteiger partial charge in [0.2, 0.25) is 0 Å². The number of methoxy groups -OCH3 is 2. The summed E-state index contributed by atoms with van der Waals surface area (Å²) in [6, 6.07) is 8.07. The molecule has 1 heterocycles. The third-order valence-corrected chi connectivity index (χ3v) is 5.34. The quantitative estimate of drug-likeness (QED) is 0.760. The van der Waals surface area contributed by atoms with E-state index in [0.717, 1.165) is 26.7 Å². The van der Waals surface area contributed by atoms with Crippen LogP contribution in [0.3, 0.4) is 0 Å². The fourth-order valence-electron chi connectivity index (χ4n) is 3.38. The van der Waals surface area contributed by atoms with Crippen molar-refractivity contribution in [3.63, 3.8) is 0 Å². The van der Waals surface area contributed by atoms with Gasteiger partial charge in [-0.1, -0.05) is 0 Å². The van der Waals surface area contributed by atoms with Crippen LogP contribution in [0.15, 0.2) is 22.2 Å². The molecule has 7 heteroatoms. The van der Waals surface area contributed by atoms with Gasteiger partial charge in [-0.2, -0.15) is 10.5 Å². The van der Waals surface area contributed by atoms with Gasteiger partial charge in [0.1, 0.15) is 18.0 Å². The van der Waals surface area contributed by atoms with E-state index in [2.05, 4.69) is 33.1 Å². The van der Waals surface area contributed by atoms with Crippen LogP contribution in [0.2, 0.25) is 0 Å². The third kappa shape index (κ3) is 2.90. The van der Waals surface area contributed by atoms with E-state index >= 15 is 0 Å². The molecule has 2 N–H and O–H groups in total. The smallest absolute Gasteiger partial charge is 0.174 e. The monoisotopic (exact) mass is 436 g/mol. The van der Waals surface area contributed by atoms with E-state index in [9.17, 15) is 10.5 Å². The lowest BCUT2D eigenvalue weighted by molar-refractivity contribution is 0.353. The van der Waals surface area contributed by atoms with Gasteiger partial charge in [-0.25, -0.2) is 4.98 Å². The Morgan fingerprint density at radius 2 is 1.86 bits per heavy atom. The molecule has 1 aromatic carbocycles. The maximum Gasteiger partial charge on any atom is 0.174 e. The lowest BCUT2D eigenvalue weighted by Gasteiger charge is -2.13. The van der Waals surface area contributed by atoms with E-state index in [1.807, 2.05) is 32.1 Å². The number of allylic oxidation sites excluding steroid dienone is 3. The Hall–Kier alpha value is -3.29. The number of hydrogen-bond donors (Lipinski definition) is 1. The molecule has 0 saturated carbocycles. The van der Waals surface area contributed by atoms with Gasteiger partial charge in [0, 0.05) is 5.56 Å². The van der Waals surface area contributed by atoms with Crippen molar-refractivity contribution in [2.24, 2.45) is 0 Å². The average molecular weight is 437 g/mol. The molecular weight excluding hydrogens is 420 g/mol. The SMILES string of the molecule is COc1cc(/C=C2\C(C)=C(C#N)c3nc(N)c(C#N)c(C)c32)cc(Br)c1OC. The van der Waals surface area contributed by atoms with E-state index in [1.165, 1.54) is 0 Å². The molecule has 0 amide bonds. The Morgan fingerprint density at radius 3 is 2.43 bits per heavy atom. The maximum absolute atomic E-state index is 9.64. The molecular formula is C21H17BrN4O2. The molecule has 1 aliphatic carbocycles. The molecule has 0 spiro atoms. The van der Waals surface area contributed by atoms with E-state index < -0.39 is 0 Å². The van der Waals surface area contributed by atoms with Crippen molar-refractivity contribution in [3.05, 3.63) is 50.1 Å². The molecule has 0 atom stereocenters. The highest BCUT2D eigenvalue weighted by atomic mass is 79.9. The van der Waals surface area contributed by atoms with Crippen LogP contribution >= 0.6 is 15.9 Å². The number of nitrogens with two attached hydrogens (primary N) is 1. The molecule has 0 aliphatic heterocycles. The van der Waals surface area contributed by atoms with Crippen LogP contribution in [0.4, 0.5) is 5.82 Å². The number of nitrogen functional groups attached to an aromatic ring is 1. The molecule has 0 bridgehead atoms. The van der Waals surface area contributed by atoms with Crippen LogP contribution in [-0.2, 0) is 0 Å². The molecule has 1 aliphatic rings. The number of aromatic nitrogens is 1. The van der Waals surface area contributed by atoms with Gasteiger partial charge in [-0.05, 0) is 70.3 Å². The molecule has 0 radical (unpaired) electrons. The fraction of sp³-hybridized carbons (Fsp3) is 0.190. The van der Waals surface area contributed by atoms with Gasteiger partial charge in [0.05, 0.1) is 35.5 Å². The number of benzene rings is 1. The number of anilines is 1. The molecule has 3 rings (SSSR count). The van der Waals surface area contributed by atoms with Gasteiger partial charge in [0.15, 0.2) is 11.5 Å². The molecule has 140 valence electrons. The summed E-state index contributed by atoms with van der Waals surface area (Å²) < 4.78 is 11.5.